The number of ketones is 1. The summed E-state index contributed by atoms with van der Waals surface area (Å²) in [5, 5.41) is 3.73. The number of allylic oxidation sites excluding steroid dienone is 1. The Morgan fingerprint density at radius 3 is 2.64 bits per heavy atom. The molecule has 1 N–H and O–H groups in total. The molecule has 2 saturated heterocycles. The van der Waals surface area contributed by atoms with Crippen molar-refractivity contribution in [1.29, 1.82) is 0 Å². The van der Waals surface area contributed by atoms with Crippen molar-refractivity contribution in [3.63, 3.8) is 0 Å². The SMILES string of the molecule is O=C(/C=C1\NC2(Cc3ccccc31)CC1CCC2O1)c1ccccc1. The van der Waals surface area contributed by atoms with Gasteiger partial charge in [-0.25, -0.2) is 0 Å². The number of hydrogen-bond acceptors (Lipinski definition) is 3. The highest BCUT2D eigenvalue weighted by atomic mass is 16.5. The molecule has 0 radical (unpaired) electrons. The summed E-state index contributed by atoms with van der Waals surface area (Å²) in [4.78, 5) is 12.7. The average molecular weight is 331 g/mol. The molecule has 0 aromatic heterocycles. The fourth-order valence-corrected chi connectivity index (χ4v) is 4.71. The van der Waals surface area contributed by atoms with E-state index in [0.29, 0.717) is 6.10 Å². The summed E-state index contributed by atoms with van der Waals surface area (Å²) in [5.41, 5.74) is 4.05. The number of ether oxygens (including phenoxy) is 1. The zero-order chi connectivity index (χ0) is 16.9. The van der Waals surface area contributed by atoms with E-state index in [1.807, 2.05) is 36.4 Å². The van der Waals surface area contributed by atoms with E-state index in [1.54, 1.807) is 6.08 Å². The van der Waals surface area contributed by atoms with Gasteiger partial charge in [-0.2, -0.15) is 0 Å². The fourth-order valence-electron chi connectivity index (χ4n) is 4.71. The molecule has 25 heavy (non-hydrogen) atoms. The second-order valence-corrected chi connectivity index (χ2v) is 7.43. The highest BCUT2D eigenvalue weighted by molar-refractivity contribution is 6.08. The molecule has 0 saturated carbocycles. The normalized spacial score (nSPS) is 31.1. The Bertz CT molecular complexity index is 857. The lowest BCUT2D eigenvalue weighted by molar-refractivity contribution is 0.0797. The number of carbonyl (C=O) groups is 1. The summed E-state index contributed by atoms with van der Waals surface area (Å²) in [5.74, 6) is 0.0408. The van der Waals surface area contributed by atoms with Crippen molar-refractivity contribution in [2.24, 2.45) is 0 Å². The van der Waals surface area contributed by atoms with Gasteiger partial charge in [-0.1, -0.05) is 54.6 Å². The van der Waals surface area contributed by atoms with E-state index < -0.39 is 0 Å². The molecule has 2 fully saturated rings. The van der Waals surface area contributed by atoms with Crippen molar-refractivity contribution in [3.05, 3.63) is 77.4 Å². The number of nitrogens with one attached hydrogen (secondary N) is 1. The van der Waals surface area contributed by atoms with Gasteiger partial charge in [0.2, 0.25) is 0 Å². The Hall–Kier alpha value is -2.39. The maximum atomic E-state index is 12.7. The second kappa shape index (κ2) is 5.57. The van der Waals surface area contributed by atoms with Crippen molar-refractivity contribution in [3.8, 4) is 0 Å². The Morgan fingerprint density at radius 2 is 1.88 bits per heavy atom. The minimum Gasteiger partial charge on any atom is -0.376 e. The van der Waals surface area contributed by atoms with Gasteiger partial charge in [-0.15, -0.1) is 0 Å². The van der Waals surface area contributed by atoms with Gasteiger partial charge in [0.05, 0.1) is 17.7 Å². The minimum atomic E-state index is -0.0555. The Labute approximate surface area is 147 Å². The molecule has 5 rings (SSSR count). The van der Waals surface area contributed by atoms with Crippen LogP contribution >= 0.6 is 0 Å². The Kier molecular flexibility index (Phi) is 3.32. The van der Waals surface area contributed by atoms with Crippen LogP contribution in [0.4, 0.5) is 0 Å². The lowest BCUT2D eigenvalue weighted by Gasteiger charge is -2.42. The van der Waals surface area contributed by atoms with E-state index in [2.05, 4.69) is 23.5 Å². The largest absolute Gasteiger partial charge is 0.376 e. The van der Waals surface area contributed by atoms with Gasteiger partial charge in [0.1, 0.15) is 0 Å². The summed E-state index contributed by atoms with van der Waals surface area (Å²) < 4.78 is 6.14. The molecule has 3 nitrogen and oxygen atoms in total. The van der Waals surface area contributed by atoms with E-state index in [9.17, 15) is 4.79 Å². The Balaban J connectivity index is 1.56. The average Bonchev–Trinajstić information content (AvgIpc) is 3.23. The van der Waals surface area contributed by atoms with Crippen molar-refractivity contribution < 1.29 is 9.53 Å². The molecule has 2 aromatic carbocycles. The van der Waals surface area contributed by atoms with Gasteiger partial charge in [0.15, 0.2) is 5.78 Å². The zero-order valence-electron chi connectivity index (χ0n) is 14.1. The topological polar surface area (TPSA) is 38.3 Å². The standard InChI is InChI=1S/C22H21NO2/c24-20(15-6-2-1-3-7-15)12-19-18-9-5-4-8-16(18)13-22(23-19)14-17-10-11-21(22)25-17/h1-9,12,17,21,23H,10-11,13-14H2/b19-12-. The molecule has 3 atom stereocenters. The first-order valence-electron chi connectivity index (χ1n) is 9.06. The summed E-state index contributed by atoms with van der Waals surface area (Å²) in [7, 11) is 0. The lowest BCUT2D eigenvalue weighted by Crippen LogP contribution is -2.55. The van der Waals surface area contributed by atoms with Crippen LogP contribution in [0.15, 0.2) is 60.7 Å². The third-order valence-corrected chi connectivity index (χ3v) is 5.85. The molecule has 0 aliphatic carbocycles. The van der Waals surface area contributed by atoms with Crippen LogP contribution in [0.2, 0.25) is 0 Å². The van der Waals surface area contributed by atoms with Gasteiger partial charge >= 0.3 is 0 Å². The first-order valence-corrected chi connectivity index (χ1v) is 9.06. The number of carbonyl (C=O) groups excluding carboxylic acids is 1. The zero-order valence-corrected chi connectivity index (χ0v) is 14.1. The third kappa shape index (κ3) is 2.42. The summed E-state index contributed by atoms with van der Waals surface area (Å²) in [6.07, 6.45) is 6.66. The van der Waals surface area contributed by atoms with Crippen LogP contribution < -0.4 is 5.32 Å². The predicted octanol–water partition coefficient (Wildman–Crippen LogP) is 3.75. The number of hydrogen-bond donors (Lipinski definition) is 1. The van der Waals surface area contributed by atoms with E-state index in [0.717, 1.165) is 42.5 Å². The van der Waals surface area contributed by atoms with Crippen LogP contribution in [0.5, 0.6) is 0 Å². The van der Waals surface area contributed by atoms with Crippen LogP contribution in [0.3, 0.4) is 0 Å². The van der Waals surface area contributed by atoms with Gasteiger partial charge in [0.25, 0.3) is 0 Å². The van der Waals surface area contributed by atoms with Crippen LogP contribution in [0, 0.1) is 0 Å². The van der Waals surface area contributed by atoms with E-state index >= 15 is 0 Å². The van der Waals surface area contributed by atoms with E-state index in [-0.39, 0.29) is 17.4 Å². The van der Waals surface area contributed by atoms with Gasteiger partial charge in [-0.3, -0.25) is 4.79 Å². The van der Waals surface area contributed by atoms with Crippen molar-refractivity contribution in [1.82, 2.24) is 5.32 Å². The molecule has 2 bridgehead atoms. The Morgan fingerprint density at radius 1 is 1.08 bits per heavy atom. The highest BCUT2D eigenvalue weighted by Gasteiger charge is 2.54. The first-order chi connectivity index (χ1) is 12.2. The molecule has 126 valence electrons. The van der Waals surface area contributed by atoms with E-state index in [4.69, 9.17) is 4.74 Å². The van der Waals surface area contributed by atoms with Crippen LogP contribution in [0.25, 0.3) is 5.70 Å². The van der Waals surface area contributed by atoms with Crippen LogP contribution in [-0.2, 0) is 11.2 Å². The van der Waals surface area contributed by atoms with Crippen molar-refractivity contribution in [2.45, 2.75) is 43.4 Å². The smallest absolute Gasteiger partial charge is 0.187 e. The van der Waals surface area contributed by atoms with Crippen LogP contribution in [-0.4, -0.2) is 23.5 Å². The first kappa shape index (κ1) is 14.9. The van der Waals surface area contributed by atoms with E-state index in [1.165, 1.54) is 5.56 Å². The molecule has 3 unspecified atom stereocenters. The molecule has 2 aromatic rings. The highest BCUT2D eigenvalue weighted by Crippen LogP contribution is 2.47. The van der Waals surface area contributed by atoms with Gasteiger partial charge in [-0.05, 0) is 31.2 Å². The summed E-state index contributed by atoms with van der Waals surface area (Å²) >= 11 is 0. The van der Waals surface area contributed by atoms with Gasteiger partial charge < -0.3 is 10.1 Å². The molecule has 3 heteroatoms. The number of rotatable bonds is 2. The molecule has 3 aliphatic rings. The van der Waals surface area contributed by atoms with Gasteiger partial charge in [0, 0.05) is 22.9 Å². The maximum Gasteiger partial charge on any atom is 0.187 e. The van der Waals surface area contributed by atoms with Crippen molar-refractivity contribution >= 4 is 11.5 Å². The molecular formula is C22H21NO2. The monoisotopic (exact) mass is 331 g/mol. The lowest BCUT2D eigenvalue weighted by atomic mass is 9.73. The molecule has 3 heterocycles. The number of fused-ring (bicyclic) bond motifs is 4. The number of benzene rings is 2. The second-order valence-electron chi connectivity index (χ2n) is 7.43. The van der Waals surface area contributed by atoms with Crippen LogP contribution in [0.1, 0.15) is 40.7 Å². The van der Waals surface area contributed by atoms with Crippen molar-refractivity contribution in [2.75, 3.05) is 0 Å². The predicted molar refractivity (Wildman–Crippen MR) is 97.3 cm³/mol. The summed E-state index contributed by atoms with van der Waals surface area (Å²) in [6.45, 7) is 0. The molecule has 1 spiro atoms. The summed E-state index contributed by atoms with van der Waals surface area (Å²) in [6, 6.07) is 17.9. The molecule has 3 aliphatic heterocycles. The quantitative estimate of drug-likeness (QED) is 0.673. The minimum absolute atomic E-state index is 0.0408. The third-order valence-electron chi connectivity index (χ3n) is 5.85. The maximum absolute atomic E-state index is 12.7. The fraction of sp³-hybridized carbons (Fsp3) is 0.318. The molecular weight excluding hydrogens is 310 g/mol. The molecule has 0 amide bonds.